The summed E-state index contributed by atoms with van der Waals surface area (Å²) in [5, 5.41) is 11.7. The Morgan fingerprint density at radius 1 is 1.23 bits per heavy atom. The Labute approximate surface area is 180 Å². The number of carbonyl (C=O) groups excluding carboxylic acids is 3. The maximum Gasteiger partial charge on any atom is 0.407 e. The normalized spacial score (nSPS) is 25.4. The SMILES string of the molecule is CC(C)(C)C1C(C#Cc2ccc3c(c2)CN(C2CCC(=O)NC2=O)C3=O)CN1C(=O)O. The van der Waals surface area contributed by atoms with Gasteiger partial charge in [0.15, 0.2) is 0 Å². The second kappa shape index (κ2) is 7.41. The molecule has 3 atom stereocenters. The molecule has 31 heavy (non-hydrogen) atoms. The van der Waals surface area contributed by atoms with E-state index in [4.69, 9.17) is 0 Å². The van der Waals surface area contributed by atoms with Crippen molar-refractivity contribution in [2.24, 2.45) is 11.3 Å². The van der Waals surface area contributed by atoms with Crippen LogP contribution in [-0.4, -0.2) is 57.3 Å². The number of hydrogen-bond acceptors (Lipinski definition) is 4. The van der Waals surface area contributed by atoms with Crippen molar-refractivity contribution in [3.8, 4) is 11.8 Å². The van der Waals surface area contributed by atoms with Gasteiger partial charge in [0.25, 0.3) is 5.91 Å². The van der Waals surface area contributed by atoms with Crippen LogP contribution in [0.4, 0.5) is 4.79 Å². The number of amides is 4. The van der Waals surface area contributed by atoms with Gasteiger partial charge in [-0.15, -0.1) is 0 Å². The Kier molecular flexibility index (Phi) is 5.00. The van der Waals surface area contributed by atoms with Crippen LogP contribution in [0.3, 0.4) is 0 Å². The first-order chi connectivity index (χ1) is 14.6. The predicted molar refractivity (Wildman–Crippen MR) is 111 cm³/mol. The summed E-state index contributed by atoms with van der Waals surface area (Å²) in [7, 11) is 0. The molecule has 0 bridgehead atoms. The van der Waals surface area contributed by atoms with Gasteiger partial charge in [0.1, 0.15) is 6.04 Å². The van der Waals surface area contributed by atoms with Crippen molar-refractivity contribution in [2.75, 3.05) is 6.54 Å². The predicted octanol–water partition coefficient (Wildman–Crippen LogP) is 1.82. The molecular formula is C23H25N3O5. The van der Waals surface area contributed by atoms with Gasteiger partial charge in [-0.25, -0.2) is 4.79 Å². The maximum absolute atomic E-state index is 12.8. The van der Waals surface area contributed by atoms with E-state index >= 15 is 0 Å². The number of imide groups is 1. The van der Waals surface area contributed by atoms with Crippen molar-refractivity contribution in [3.63, 3.8) is 0 Å². The molecule has 0 saturated carbocycles. The molecule has 0 aliphatic carbocycles. The van der Waals surface area contributed by atoms with Crippen molar-refractivity contribution < 1.29 is 24.3 Å². The van der Waals surface area contributed by atoms with Crippen molar-refractivity contribution in [1.29, 1.82) is 0 Å². The lowest BCUT2D eigenvalue weighted by atomic mass is 9.72. The summed E-state index contributed by atoms with van der Waals surface area (Å²) < 4.78 is 0. The molecule has 3 unspecified atom stereocenters. The molecule has 3 aliphatic heterocycles. The molecule has 1 aromatic carbocycles. The van der Waals surface area contributed by atoms with Gasteiger partial charge in [-0.05, 0) is 35.6 Å². The summed E-state index contributed by atoms with van der Waals surface area (Å²) in [4.78, 5) is 50.7. The first-order valence-corrected chi connectivity index (χ1v) is 10.3. The molecule has 8 heteroatoms. The molecule has 0 spiro atoms. The fourth-order valence-corrected chi connectivity index (χ4v) is 4.73. The highest BCUT2D eigenvalue weighted by molar-refractivity contribution is 6.05. The van der Waals surface area contributed by atoms with E-state index in [9.17, 15) is 24.3 Å². The standard InChI is InChI=1S/C23H25N3O5/c1-23(2,3)19-14(11-26(19)22(30)31)6-4-13-5-7-16-15(10-13)12-25(21(16)29)17-8-9-18(27)24-20(17)28/h5,7,10,14,17,19H,8-9,11-12H2,1-3H3,(H,30,31)(H,24,27,28). The highest BCUT2D eigenvalue weighted by Gasteiger charge is 2.47. The number of benzene rings is 1. The summed E-state index contributed by atoms with van der Waals surface area (Å²) in [6.45, 7) is 6.71. The fourth-order valence-electron chi connectivity index (χ4n) is 4.73. The minimum atomic E-state index is -0.928. The summed E-state index contributed by atoms with van der Waals surface area (Å²) in [5.41, 5.74) is 1.87. The van der Waals surface area contributed by atoms with Gasteiger partial charge >= 0.3 is 6.09 Å². The quantitative estimate of drug-likeness (QED) is 0.529. The molecule has 2 fully saturated rings. The Balaban J connectivity index is 1.51. The van der Waals surface area contributed by atoms with Crippen LogP contribution in [0.2, 0.25) is 0 Å². The van der Waals surface area contributed by atoms with E-state index in [2.05, 4.69) is 17.2 Å². The lowest BCUT2D eigenvalue weighted by molar-refractivity contribution is -0.136. The van der Waals surface area contributed by atoms with E-state index in [1.54, 1.807) is 12.1 Å². The monoisotopic (exact) mass is 423 g/mol. The zero-order valence-electron chi connectivity index (χ0n) is 17.8. The average Bonchev–Trinajstić information content (AvgIpc) is 2.95. The average molecular weight is 423 g/mol. The van der Waals surface area contributed by atoms with Gasteiger partial charge in [0.2, 0.25) is 11.8 Å². The second-order valence-electron chi connectivity index (χ2n) is 9.39. The van der Waals surface area contributed by atoms with Crippen LogP contribution < -0.4 is 5.32 Å². The van der Waals surface area contributed by atoms with Crippen molar-refractivity contribution in [2.45, 2.75) is 52.2 Å². The fraction of sp³-hybridized carbons (Fsp3) is 0.478. The maximum atomic E-state index is 12.8. The number of carboxylic acid groups (broad SMARTS) is 1. The van der Waals surface area contributed by atoms with E-state index in [0.29, 0.717) is 25.1 Å². The third kappa shape index (κ3) is 3.76. The summed E-state index contributed by atoms with van der Waals surface area (Å²) in [6.07, 6.45) is -0.383. The van der Waals surface area contributed by atoms with E-state index in [0.717, 1.165) is 11.1 Å². The van der Waals surface area contributed by atoms with Crippen molar-refractivity contribution >= 4 is 23.8 Å². The molecule has 8 nitrogen and oxygen atoms in total. The number of fused-ring (bicyclic) bond motifs is 1. The number of piperidine rings is 1. The second-order valence-corrected chi connectivity index (χ2v) is 9.39. The number of carbonyl (C=O) groups is 4. The van der Waals surface area contributed by atoms with Crippen LogP contribution in [0, 0.1) is 23.2 Å². The van der Waals surface area contributed by atoms with Crippen molar-refractivity contribution in [1.82, 2.24) is 15.1 Å². The topological polar surface area (TPSA) is 107 Å². The summed E-state index contributed by atoms with van der Waals surface area (Å²) in [6, 6.07) is 4.54. The van der Waals surface area contributed by atoms with Crippen molar-refractivity contribution in [3.05, 3.63) is 34.9 Å². The molecule has 0 radical (unpaired) electrons. The third-order valence-corrected chi connectivity index (χ3v) is 6.17. The van der Waals surface area contributed by atoms with E-state index in [-0.39, 0.29) is 35.6 Å². The van der Waals surface area contributed by atoms with Gasteiger partial charge in [-0.1, -0.05) is 32.6 Å². The molecule has 0 aromatic heterocycles. The summed E-state index contributed by atoms with van der Waals surface area (Å²) >= 11 is 0. The molecule has 2 saturated heterocycles. The number of nitrogens with zero attached hydrogens (tertiary/aromatic N) is 2. The van der Waals surface area contributed by atoms with Crippen LogP contribution in [-0.2, 0) is 16.1 Å². The van der Waals surface area contributed by atoms with Gasteiger partial charge in [-0.3, -0.25) is 19.7 Å². The zero-order chi connectivity index (χ0) is 22.5. The zero-order valence-corrected chi connectivity index (χ0v) is 17.8. The van der Waals surface area contributed by atoms with Crippen LogP contribution in [0.1, 0.15) is 55.1 Å². The highest BCUT2D eigenvalue weighted by Crippen LogP contribution is 2.38. The van der Waals surface area contributed by atoms with Crippen LogP contribution in [0.25, 0.3) is 0 Å². The molecule has 162 valence electrons. The summed E-state index contributed by atoms with van der Waals surface area (Å²) in [5.74, 6) is 5.34. The third-order valence-electron chi connectivity index (χ3n) is 6.17. The minimum absolute atomic E-state index is 0.0500. The minimum Gasteiger partial charge on any atom is -0.465 e. The van der Waals surface area contributed by atoms with E-state index in [1.165, 1.54) is 9.80 Å². The number of hydrogen-bond donors (Lipinski definition) is 2. The smallest absolute Gasteiger partial charge is 0.407 e. The van der Waals surface area contributed by atoms with Crippen LogP contribution in [0.5, 0.6) is 0 Å². The largest absolute Gasteiger partial charge is 0.465 e. The van der Waals surface area contributed by atoms with Crippen LogP contribution >= 0.6 is 0 Å². The molecule has 3 aliphatic rings. The molecule has 1 aromatic rings. The van der Waals surface area contributed by atoms with Gasteiger partial charge in [0.05, 0.1) is 12.0 Å². The lowest BCUT2D eigenvalue weighted by Crippen LogP contribution is -2.63. The van der Waals surface area contributed by atoms with Gasteiger partial charge in [-0.2, -0.15) is 0 Å². The van der Waals surface area contributed by atoms with E-state index in [1.807, 2.05) is 26.8 Å². The van der Waals surface area contributed by atoms with Gasteiger partial charge < -0.3 is 14.9 Å². The van der Waals surface area contributed by atoms with E-state index < -0.39 is 18.0 Å². The molecule has 4 amide bonds. The van der Waals surface area contributed by atoms with Crippen LogP contribution in [0.15, 0.2) is 18.2 Å². The Morgan fingerprint density at radius 2 is 1.97 bits per heavy atom. The highest BCUT2D eigenvalue weighted by atomic mass is 16.4. The Hall–Kier alpha value is -3.34. The molecule has 4 rings (SSSR count). The Bertz CT molecular complexity index is 1050. The molecular weight excluding hydrogens is 398 g/mol. The number of rotatable bonds is 1. The van der Waals surface area contributed by atoms with Gasteiger partial charge in [0, 0.05) is 30.6 Å². The molecule has 2 N–H and O–H groups in total. The first-order valence-electron chi connectivity index (χ1n) is 10.3. The number of likely N-dealkylation sites (tertiary alicyclic amines) is 1. The first kappa shape index (κ1) is 20.9. The molecule has 3 heterocycles. The lowest BCUT2D eigenvalue weighted by Gasteiger charge is -2.50. The number of nitrogens with one attached hydrogen (secondary N) is 1. The Morgan fingerprint density at radius 3 is 2.61 bits per heavy atom.